The third-order valence-electron chi connectivity index (χ3n) is 7.01. The lowest BCUT2D eigenvalue weighted by Gasteiger charge is -2.40. The maximum atomic E-state index is 12.7. The molecule has 1 unspecified atom stereocenters. The molecule has 1 aliphatic carbocycles. The second-order valence-corrected chi connectivity index (χ2v) is 13.7. The molecule has 5 rings (SSSR count). The van der Waals surface area contributed by atoms with E-state index in [9.17, 15) is 4.55 Å². The molecule has 1 aliphatic heterocycles. The van der Waals surface area contributed by atoms with Crippen LogP contribution in [0.15, 0.2) is 45.0 Å². The summed E-state index contributed by atoms with van der Waals surface area (Å²) in [5, 5.41) is 0.474. The number of aromatic nitrogens is 4. The van der Waals surface area contributed by atoms with Gasteiger partial charge in [0.1, 0.15) is 21.1 Å². The fourth-order valence-corrected chi connectivity index (χ4v) is 6.95. The SMILES string of the molecule is COc1nccc(Sc2cnc(N3CCC4(CCCC4=N[S+]([O-])C(C)(C)C)CC3)n3ccnc23)c1Cl. The monoisotopic (exact) mass is 546 g/mol. The normalized spacial score (nSPS) is 19.9. The van der Waals surface area contributed by atoms with E-state index in [-0.39, 0.29) is 10.2 Å². The molecule has 1 saturated heterocycles. The Morgan fingerprint density at radius 1 is 1.14 bits per heavy atom. The van der Waals surface area contributed by atoms with Gasteiger partial charge in [-0.15, -0.1) is 0 Å². The summed E-state index contributed by atoms with van der Waals surface area (Å²) in [6.07, 6.45) is 12.5. The summed E-state index contributed by atoms with van der Waals surface area (Å²) >= 11 is 6.76. The first-order valence-corrected chi connectivity index (χ1v) is 14.5. The number of hydrogen-bond acceptors (Lipinski definition) is 8. The van der Waals surface area contributed by atoms with Gasteiger partial charge in [0.05, 0.1) is 17.7 Å². The highest BCUT2D eigenvalue weighted by atomic mass is 35.5. The van der Waals surface area contributed by atoms with Crippen molar-refractivity contribution in [3.8, 4) is 5.88 Å². The molecule has 1 spiro atoms. The van der Waals surface area contributed by atoms with Crippen molar-refractivity contribution in [2.24, 2.45) is 9.81 Å². The first kappa shape index (κ1) is 25.6. The van der Waals surface area contributed by atoms with Crippen LogP contribution in [-0.2, 0) is 11.4 Å². The second kappa shape index (κ2) is 10.0. The Morgan fingerprint density at radius 2 is 1.92 bits per heavy atom. The van der Waals surface area contributed by atoms with Crippen LogP contribution in [-0.4, -0.2) is 54.6 Å². The highest BCUT2D eigenvalue weighted by Crippen LogP contribution is 2.46. The summed E-state index contributed by atoms with van der Waals surface area (Å²) in [4.78, 5) is 17.7. The number of methoxy groups -OCH3 is 1. The van der Waals surface area contributed by atoms with E-state index in [1.165, 1.54) is 11.8 Å². The molecule has 8 nitrogen and oxygen atoms in total. The van der Waals surface area contributed by atoms with Gasteiger partial charge in [-0.1, -0.05) is 27.8 Å². The van der Waals surface area contributed by atoms with E-state index in [0.29, 0.717) is 10.9 Å². The lowest BCUT2D eigenvalue weighted by atomic mass is 9.76. The van der Waals surface area contributed by atoms with Crippen LogP contribution in [0, 0.1) is 5.41 Å². The van der Waals surface area contributed by atoms with Gasteiger partial charge in [-0.25, -0.2) is 15.0 Å². The number of hydrogen-bond donors (Lipinski definition) is 0. The molecule has 4 heterocycles. The van der Waals surface area contributed by atoms with Gasteiger partial charge in [0.15, 0.2) is 5.65 Å². The second-order valence-electron chi connectivity index (χ2n) is 10.3. The minimum atomic E-state index is -1.21. The topological polar surface area (TPSA) is 91.0 Å². The molecule has 2 aliphatic rings. The average molecular weight is 547 g/mol. The number of ether oxygens (including phenoxy) is 1. The van der Waals surface area contributed by atoms with Crippen LogP contribution in [0.3, 0.4) is 0 Å². The van der Waals surface area contributed by atoms with Crippen molar-refractivity contribution in [3.05, 3.63) is 35.9 Å². The Labute approximate surface area is 224 Å². The van der Waals surface area contributed by atoms with Crippen LogP contribution in [0.1, 0.15) is 52.9 Å². The van der Waals surface area contributed by atoms with E-state index >= 15 is 0 Å². The van der Waals surface area contributed by atoms with Crippen molar-refractivity contribution in [2.45, 2.75) is 67.4 Å². The van der Waals surface area contributed by atoms with Crippen molar-refractivity contribution < 1.29 is 9.29 Å². The van der Waals surface area contributed by atoms with Crippen LogP contribution < -0.4 is 9.64 Å². The quantitative estimate of drug-likeness (QED) is 0.384. The molecule has 11 heteroatoms. The van der Waals surface area contributed by atoms with Crippen molar-refractivity contribution in [2.75, 3.05) is 25.1 Å². The molecule has 192 valence electrons. The van der Waals surface area contributed by atoms with Gasteiger partial charge in [-0.3, -0.25) is 4.40 Å². The molecule has 0 bridgehead atoms. The van der Waals surface area contributed by atoms with E-state index in [1.54, 1.807) is 19.5 Å². The minimum Gasteiger partial charge on any atom is -0.591 e. The Kier molecular flexibility index (Phi) is 7.15. The molecule has 1 atom stereocenters. The molecule has 0 N–H and O–H groups in total. The molecule has 3 aromatic heterocycles. The standard InChI is InChI=1S/C25H31ClN6O2S2/c1-24(2,3)36(33)30-19-6-5-8-25(19)9-13-31(14-10-25)23-29-16-18(21-27-12-15-32(21)23)35-17-7-11-28-22(34-4)20(17)26/h7,11-12,15-16H,5-6,8-10,13-14H2,1-4H3. The Morgan fingerprint density at radius 3 is 2.64 bits per heavy atom. The number of nitrogens with zero attached hydrogens (tertiary/aromatic N) is 6. The molecule has 36 heavy (non-hydrogen) atoms. The predicted molar refractivity (Wildman–Crippen MR) is 146 cm³/mol. The highest BCUT2D eigenvalue weighted by molar-refractivity contribution is 7.99. The van der Waals surface area contributed by atoms with Gasteiger partial charge in [0, 0.05) is 48.2 Å². The minimum absolute atomic E-state index is 0.0679. The number of piperidine rings is 1. The summed E-state index contributed by atoms with van der Waals surface area (Å²) in [7, 11) is 1.55. The summed E-state index contributed by atoms with van der Waals surface area (Å²) < 4.78 is 24.5. The Balaban J connectivity index is 1.36. The Hall–Kier alpha value is -2.01. The zero-order valence-electron chi connectivity index (χ0n) is 21.0. The number of imidazole rings is 1. The molecule has 0 amide bonds. The maximum Gasteiger partial charge on any atom is 0.233 e. The summed E-state index contributed by atoms with van der Waals surface area (Å²) in [6, 6.07) is 1.86. The van der Waals surface area contributed by atoms with Crippen LogP contribution in [0.5, 0.6) is 5.88 Å². The predicted octanol–water partition coefficient (Wildman–Crippen LogP) is 5.61. The molecule has 1 saturated carbocycles. The maximum absolute atomic E-state index is 12.7. The van der Waals surface area contributed by atoms with E-state index in [4.69, 9.17) is 25.7 Å². The first-order chi connectivity index (χ1) is 17.2. The largest absolute Gasteiger partial charge is 0.591 e. The van der Waals surface area contributed by atoms with Crippen LogP contribution in [0.2, 0.25) is 5.02 Å². The van der Waals surface area contributed by atoms with Gasteiger partial charge in [-0.2, -0.15) is 0 Å². The molecule has 2 fully saturated rings. The highest BCUT2D eigenvalue weighted by Gasteiger charge is 2.45. The zero-order chi connectivity index (χ0) is 25.5. The molecular formula is C25H31ClN6O2S2. The van der Waals surface area contributed by atoms with Crippen LogP contribution in [0.25, 0.3) is 5.65 Å². The molecule has 0 radical (unpaired) electrons. The first-order valence-electron chi connectivity index (χ1n) is 12.2. The van der Waals surface area contributed by atoms with Crippen LogP contribution >= 0.6 is 23.4 Å². The number of anilines is 1. The Bertz CT molecular complexity index is 1280. The van der Waals surface area contributed by atoms with Crippen molar-refractivity contribution in [1.29, 1.82) is 0 Å². The third kappa shape index (κ3) is 4.80. The lowest BCUT2D eigenvalue weighted by Crippen LogP contribution is -2.43. The summed E-state index contributed by atoms with van der Waals surface area (Å²) in [5.41, 5.74) is 2.06. The number of halogens is 1. The van der Waals surface area contributed by atoms with Gasteiger partial charge in [0.2, 0.25) is 11.8 Å². The third-order valence-corrected chi connectivity index (χ3v) is 9.99. The molecule has 3 aromatic rings. The number of pyridine rings is 1. The number of fused-ring (bicyclic) bond motifs is 1. The smallest absolute Gasteiger partial charge is 0.233 e. The summed E-state index contributed by atoms with van der Waals surface area (Å²) in [5.74, 6) is 1.28. The van der Waals surface area contributed by atoms with Crippen molar-refractivity contribution >= 4 is 52.0 Å². The van der Waals surface area contributed by atoms with Crippen LogP contribution in [0.4, 0.5) is 5.95 Å². The summed E-state index contributed by atoms with van der Waals surface area (Å²) in [6.45, 7) is 7.71. The van der Waals surface area contributed by atoms with Gasteiger partial charge >= 0.3 is 0 Å². The van der Waals surface area contributed by atoms with E-state index in [2.05, 4.69) is 14.9 Å². The molecule has 0 aromatic carbocycles. The zero-order valence-corrected chi connectivity index (χ0v) is 23.4. The fourth-order valence-electron chi connectivity index (χ4n) is 4.99. The van der Waals surface area contributed by atoms with Gasteiger partial charge < -0.3 is 14.2 Å². The van der Waals surface area contributed by atoms with E-state index < -0.39 is 11.4 Å². The average Bonchev–Trinajstić information content (AvgIpc) is 3.49. The number of rotatable bonds is 5. The van der Waals surface area contributed by atoms with E-state index in [1.807, 2.05) is 43.6 Å². The lowest BCUT2D eigenvalue weighted by molar-refractivity contribution is 0.317. The van der Waals surface area contributed by atoms with Crippen molar-refractivity contribution in [3.63, 3.8) is 0 Å². The fraction of sp³-hybridized carbons (Fsp3) is 0.520. The van der Waals surface area contributed by atoms with E-state index in [0.717, 1.165) is 72.3 Å². The van der Waals surface area contributed by atoms with Gasteiger partial charge in [-0.05, 0) is 58.9 Å². The van der Waals surface area contributed by atoms with Gasteiger partial charge in [0.25, 0.3) is 0 Å². The molecular weight excluding hydrogens is 516 g/mol. The van der Waals surface area contributed by atoms with Crippen molar-refractivity contribution in [1.82, 2.24) is 19.4 Å².